The molecule has 1 aliphatic rings. The van der Waals surface area contributed by atoms with Crippen LogP contribution in [0.4, 0.5) is 0 Å². The molecule has 17 heavy (non-hydrogen) atoms. The molecule has 0 atom stereocenters. The fraction of sp³-hybridized carbons (Fsp3) is 0.533. The van der Waals surface area contributed by atoms with Gasteiger partial charge in [0, 0.05) is 0 Å². The van der Waals surface area contributed by atoms with E-state index in [9.17, 15) is 0 Å². The lowest BCUT2D eigenvalue weighted by Crippen LogP contribution is -2.20. The fourth-order valence-electron chi connectivity index (χ4n) is 2.41. The van der Waals surface area contributed by atoms with Crippen LogP contribution in [0.3, 0.4) is 0 Å². The maximum Gasteiger partial charge on any atom is 0.122 e. The lowest BCUT2D eigenvalue weighted by atomic mass is 9.97. The Morgan fingerprint density at radius 3 is 2.47 bits per heavy atom. The van der Waals surface area contributed by atoms with Crippen molar-refractivity contribution >= 4 is 0 Å². The SMILES string of the molecule is Cc1c(C#N)ccc(OC2CCCCC2)c1C. The molecule has 1 saturated carbocycles. The van der Waals surface area contributed by atoms with Crippen LogP contribution in [-0.4, -0.2) is 6.10 Å². The summed E-state index contributed by atoms with van der Waals surface area (Å²) in [6.45, 7) is 4.02. The highest BCUT2D eigenvalue weighted by molar-refractivity contribution is 5.48. The monoisotopic (exact) mass is 229 g/mol. The van der Waals surface area contributed by atoms with Gasteiger partial charge in [0.25, 0.3) is 0 Å². The van der Waals surface area contributed by atoms with Crippen LogP contribution < -0.4 is 4.74 Å². The molecule has 2 rings (SSSR count). The van der Waals surface area contributed by atoms with Gasteiger partial charge in [-0.15, -0.1) is 0 Å². The topological polar surface area (TPSA) is 33.0 Å². The molecule has 90 valence electrons. The van der Waals surface area contributed by atoms with Gasteiger partial charge in [0.15, 0.2) is 0 Å². The van der Waals surface area contributed by atoms with Crippen LogP contribution in [0.25, 0.3) is 0 Å². The molecule has 0 N–H and O–H groups in total. The van der Waals surface area contributed by atoms with Crippen molar-refractivity contribution in [1.82, 2.24) is 0 Å². The second-order valence-electron chi connectivity index (χ2n) is 4.85. The zero-order valence-electron chi connectivity index (χ0n) is 10.6. The van der Waals surface area contributed by atoms with E-state index < -0.39 is 0 Å². The number of ether oxygens (including phenoxy) is 1. The summed E-state index contributed by atoms with van der Waals surface area (Å²) in [6.07, 6.45) is 6.59. The Labute approximate surface area is 103 Å². The molecule has 0 heterocycles. The lowest BCUT2D eigenvalue weighted by molar-refractivity contribution is 0.154. The Hall–Kier alpha value is -1.49. The molecule has 0 bridgehead atoms. The maximum absolute atomic E-state index is 8.96. The Morgan fingerprint density at radius 2 is 1.82 bits per heavy atom. The van der Waals surface area contributed by atoms with Crippen LogP contribution in [0, 0.1) is 25.2 Å². The molecule has 1 aromatic carbocycles. The van der Waals surface area contributed by atoms with E-state index in [1.54, 1.807) is 0 Å². The average molecular weight is 229 g/mol. The summed E-state index contributed by atoms with van der Waals surface area (Å²) >= 11 is 0. The normalized spacial score (nSPS) is 16.5. The third-order valence-corrected chi connectivity index (χ3v) is 3.70. The van der Waals surface area contributed by atoms with E-state index in [-0.39, 0.29) is 0 Å². The summed E-state index contributed by atoms with van der Waals surface area (Å²) in [5, 5.41) is 8.96. The standard InChI is InChI=1S/C15H19NO/c1-11-12(2)15(9-8-13(11)10-16)17-14-6-4-3-5-7-14/h8-9,14H,3-7H2,1-2H3. The third kappa shape index (κ3) is 2.61. The van der Waals surface area contributed by atoms with E-state index in [4.69, 9.17) is 10.00 Å². The van der Waals surface area contributed by atoms with Crippen molar-refractivity contribution in [2.75, 3.05) is 0 Å². The molecule has 1 aromatic rings. The van der Waals surface area contributed by atoms with Crippen molar-refractivity contribution in [3.8, 4) is 11.8 Å². The molecule has 2 nitrogen and oxygen atoms in total. The molecule has 0 spiro atoms. The van der Waals surface area contributed by atoms with E-state index >= 15 is 0 Å². The Balaban J connectivity index is 2.16. The Kier molecular flexibility index (Phi) is 3.68. The van der Waals surface area contributed by atoms with Crippen LogP contribution in [0.15, 0.2) is 12.1 Å². The van der Waals surface area contributed by atoms with Gasteiger partial charge >= 0.3 is 0 Å². The zero-order valence-corrected chi connectivity index (χ0v) is 10.6. The van der Waals surface area contributed by atoms with Crippen molar-refractivity contribution < 1.29 is 4.74 Å². The number of nitriles is 1. The molecule has 0 radical (unpaired) electrons. The van der Waals surface area contributed by atoms with Crippen molar-refractivity contribution in [2.24, 2.45) is 0 Å². The summed E-state index contributed by atoms with van der Waals surface area (Å²) in [6, 6.07) is 6.01. The lowest BCUT2D eigenvalue weighted by Gasteiger charge is -2.24. The first-order chi connectivity index (χ1) is 8.22. The third-order valence-electron chi connectivity index (χ3n) is 3.70. The van der Waals surface area contributed by atoms with Crippen molar-refractivity contribution in [3.63, 3.8) is 0 Å². The minimum absolute atomic E-state index is 0.370. The molecule has 0 saturated heterocycles. The van der Waals surface area contributed by atoms with Gasteiger partial charge in [-0.05, 0) is 62.8 Å². The number of nitrogens with zero attached hydrogens (tertiary/aromatic N) is 1. The number of benzene rings is 1. The number of rotatable bonds is 2. The van der Waals surface area contributed by atoms with Crippen LogP contribution in [-0.2, 0) is 0 Å². The largest absolute Gasteiger partial charge is 0.490 e. The van der Waals surface area contributed by atoms with Crippen molar-refractivity contribution in [3.05, 3.63) is 28.8 Å². The van der Waals surface area contributed by atoms with Gasteiger partial charge in [0.05, 0.1) is 17.7 Å². The first kappa shape index (κ1) is 12.0. The minimum Gasteiger partial charge on any atom is -0.490 e. The predicted molar refractivity (Wildman–Crippen MR) is 68.1 cm³/mol. The predicted octanol–water partition coefficient (Wildman–Crippen LogP) is 3.89. The van der Waals surface area contributed by atoms with Crippen molar-refractivity contribution in [1.29, 1.82) is 5.26 Å². The smallest absolute Gasteiger partial charge is 0.122 e. The van der Waals surface area contributed by atoms with Gasteiger partial charge in [-0.3, -0.25) is 0 Å². The van der Waals surface area contributed by atoms with Crippen molar-refractivity contribution in [2.45, 2.75) is 52.1 Å². The second kappa shape index (κ2) is 5.23. The van der Waals surface area contributed by atoms with E-state index in [1.165, 1.54) is 32.1 Å². The van der Waals surface area contributed by atoms with Gasteiger partial charge in [0.2, 0.25) is 0 Å². The van der Waals surface area contributed by atoms with E-state index in [2.05, 4.69) is 6.07 Å². The Bertz CT molecular complexity index is 439. The van der Waals surface area contributed by atoms with Crippen LogP contribution in [0.5, 0.6) is 5.75 Å². The number of hydrogen-bond donors (Lipinski definition) is 0. The fourth-order valence-corrected chi connectivity index (χ4v) is 2.41. The average Bonchev–Trinajstić information content (AvgIpc) is 2.37. The van der Waals surface area contributed by atoms with Crippen LogP contribution in [0.2, 0.25) is 0 Å². The minimum atomic E-state index is 0.370. The Morgan fingerprint density at radius 1 is 1.12 bits per heavy atom. The summed E-state index contributed by atoms with van der Waals surface area (Å²) in [5.41, 5.74) is 2.90. The van der Waals surface area contributed by atoms with Crippen LogP contribution in [0.1, 0.15) is 48.8 Å². The highest BCUT2D eigenvalue weighted by Crippen LogP contribution is 2.28. The quantitative estimate of drug-likeness (QED) is 0.770. The van der Waals surface area contributed by atoms with Gasteiger partial charge in [-0.25, -0.2) is 0 Å². The molecule has 1 aliphatic carbocycles. The zero-order chi connectivity index (χ0) is 12.3. The molecule has 2 heteroatoms. The van der Waals surface area contributed by atoms with Crippen LogP contribution >= 0.6 is 0 Å². The van der Waals surface area contributed by atoms with E-state index in [1.807, 2.05) is 26.0 Å². The summed E-state index contributed by atoms with van der Waals surface area (Å²) in [5.74, 6) is 0.952. The second-order valence-corrected chi connectivity index (χ2v) is 4.85. The summed E-state index contributed by atoms with van der Waals surface area (Å²) in [4.78, 5) is 0. The van der Waals surface area contributed by atoms with Gasteiger partial charge in [-0.2, -0.15) is 5.26 Å². The summed E-state index contributed by atoms with van der Waals surface area (Å²) in [7, 11) is 0. The molecule has 0 aliphatic heterocycles. The molecular weight excluding hydrogens is 210 g/mol. The molecule has 0 amide bonds. The summed E-state index contributed by atoms with van der Waals surface area (Å²) < 4.78 is 6.06. The van der Waals surface area contributed by atoms with Gasteiger partial charge in [0.1, 0.15) is 5.75 Å². The van der Waals surface area contributed by atoms with E-state index in [0.29, 0.717) is 6.10 Å². The molecule has 1 fully saturated rings. The highest BCUT2D eigenvalue weighted by Gasteiger charge is 2.16. The first-order valence-corrected chi connectivity index (χ1v) is 6.39. The molecular formula is C15H19NO. The highest BCUT2D eigenvalue weighted by atomic mass is 16.5. The van der Waals surface area contributed by atoms with Gasteiger partial charge < -0.3 is 4.74 Å². The maximum atomic E-state index is 8.96. The molecule has 0 aromatic heterocycles. The first-order valence-electron chi connectivity index (χ1n) is 6.39. The number of hydrogen-bond acceptors (Lipinski definition) is 2. The van der Waals surface area contributed by atoms with Gasteiger partial charge in [-0.1, -0.05) is 6.42 Å². The molecule has 0 unspecified atom stereocenters. The van der Waals surface area contributed by atoms with E-state index in [0.717, 1.165) is 22.4 Å².